The zero-order chi connectivity index (χ0) is 22.8. The summed E-state index contributed by atoms with van der Waals surface area (Å²) in [7, 11) is 0. The number of unbranched alkanes of at least 4 members (excludes halogenated alkanes) is 2. The van der Waals surface area contributed by atoms with Gasteiger partial charge in [0.2, 0.25) is 0 Å². The average molecular weight is 427 g/mol. The summed E-state index contributed by atoms with van der Waals surface area (Å²) >= 11 is 0. The fraction of sp³-hybridized carbons (Fsp3) is 0.267. The maximum atomic E-state index is 14.3. The molecule has 3 aromatic carbocycles. The lowest BCUT2D eigenvalue weighted by atomic mass is 10.0. The van der Waals surface area contributed by atoms with E-state index in [9.17, 15) is 8.78 Å². The first-order chi connectivity index (χ1) is 15.6. The van der Waals surface area contributed by atoms with Gasteiger partial charge in [-0.1, -0.05) is 68.6 Å². The molecule has 0 saturated heterocycles. The van der Waals surface area contributed by atoms with Crippen LogP contribution in [0.3, 0.4) is 0 Å². The van der Waals surface area contributed by atoms with E-state index in [0.717, 1.165) is 36.0 Å². The highest BCUT2D eigenvalue weighted by Crippen LogP contribution is 2.18. The van der Waals surface area contributed by atoms with Gasteiger partial charge in [0.25, 0.3) is 0 Å². The number of rotatable bonds is 6. The largest absolute Gasteiger partial charge is 0.203 e. The predicted molar refractivity (Wildman–Crippen MR) is 128 cm³/mol. The van der Waals surface area contributed by atoms with Crippen LogP contribution in [0.5, 0.6) is 0 Å². The highest BCUT2D eigenvalue weighted by Gasteiger charge is 2.11. The lowest BCUT2D eigenvalue weighted by molar-refractivity contribution is 0.495. The standard InChI is InChI=1S/C30H28F2/c1-3-5-7-23-9-11-24(12-10-23)13-14-25-15-17-26(18-16-25)19-20-28-22-21-27(8-6-4-2)29(31)30(28)32/h9-12,15-18,21-22H,3-8H2,1-2H3. The molecular weight excluding hydrogens is 398 g/mol. The van der Waals surface area contributed by atoms with Crippen molar-refractivity contribution in [2.45, 2.75) is 52.4 Å². The van der Waals surface area contributed by atoms with Crippen molar-refractivity contribution in [1.29, 1.82) is 0 Å². The van der Waals surface area contributed by atoms with Crippen LogP contribution < -0.4 is 0 Å². The molecule has 0 spiro atoms. The number of halogens is 2. The van der Waals surface area contributed by atoms with E-state index >= 15 is 0 Å². The molecule has 0 N–H and O–H groups in total. The second-order valence-electron chi connectivity index (χ2n) is 7.88. The smallest absolute Gasteiger partial charge is 0.174 e. The fourth-order valence-electron chi connectivity index (χ4n) is 3.30. The molecular formula is C30H28F2. The van der Waals surface area contributed by atoms with Crippen molar-refractivity contribution in [3.05, 3.63) is 106 Å². The summed E-state index contributed by atoms with van der Waals surface area (Å²) in [6.07, 6.45) is 5.81. The number of hydrogen-bond acceptors (Lipinski definition) is 0. The molecule has 0 fully saturated rings. The van der Waals surface area contributed by atoms with Crippen molar-refractivity contribution in [1.82, 2.24) is 0 Å². The van der Waals surface area contributed by atoms with E-state index in [4.69, 9.17) is 0 Å². The highest BCUT2D eigenvalue weighted by atomic mass is 19.2. The van der Waals surface area contributed by atoms with Crippen molar-refractivity contribution in [3.63, 3.8) is 0 Å². The Morgan fingerprint density at radius 2 is 1.06 bits per heavy atom. The number of benzene rings is 3. The van der Waals surface area contributed by atoms with Gasteiger partial charge in [0.1, 0.15) is 0 Å². The molecule has 0 aliphatic heterocycles. The monoisotopic (exact) mass is 426 g/mol. The van der Waals surface area contributed by atoms with Gasteiger partial charge in [-0.15, -0.1) is 0 Å². The minimum atomic E-state index is -0.866. The summed E-state index contributed by atoms with van der Waals surface area (Å²) < 4.78 is 28.5. The SMILES string of the molecule is CCCCc1ccc(C#Cc2ccc(C#Cc3ccc(CCCC)c(F)c3F)cc2)cc1. The minimum Gasteiger partial charge on any atom is -0.203 e. The first-order valence-corrected chi connectivity index (χ1v) is 11.3. The Balaban J connectivity index is 1.67. The van der Waals surface area contributed by atoms with Crippen molar-refractivity contribution >= 4 is 0 Å². The van der Waals surface area contributed by atoms with E-state index in [1.54, 1.807) is 12.1 Å². The highest BCUT2D eigenvalue weighted by molar-refractivity contribution is 5.48. The van der Waals surface area contributed by atoms with E-state index in [2.05, 4.69) is 54.9 Å². The molecule has 3 rings (SSSR count). The minimum absolute atomic E-state index is 0.0778. The van der Waals surface area contributed by atoms with Gasteiger partial charge in [0, 0.05) is 16.7 Å². The molecule has 3 aromatic rings. The Hall–Kier alpha value is -3.36. The molecule has 0 radical (unpaired) electrons. The van der Waals surface area contributed by atoms with Crippen molar-refractivity contribution in [2.24, 2.45) is 0 Å². The Kier molecular flexibility index (Phi) is 8.65. The van der Waals surface area contributed by atoms with E-state index in [1.165, 1.54) is 18.4 Å². The molecule has 0 atom stereocenters. The predicted octanol–water partition coefficient (Wildman–Crippen LogP) is 7.45. The molecule has 32 heavy (non-hydrogen) atoms. The summed E-state index contributed by atoms with van der Waals surface area (Å²) in [5.74, 6) is 10.3. The fourth-order valence-corrected chi connectivity index (χ4v) is 3.30. The van der Waals surface area contributed by atoms with Crippen LogP contribution in [0.1, 0.15) is 72.9 Å². The molecule has 2 heteroatoms. The lowest BCUT2D eigenvalue weighted by Crippen LogP contribution is -1.97. The van der Waals surface area contributed by atoms with Gasteiger partial charge in [-0.3, -0.25) is 0 Å². The summed E-state index contributed by atoms with van der Waals surface area (Å²) in [5, 5.41) is 0. The quantitative estimate of drug-likeness (QED) is 0.359. The molecule has 0 saturated carbocycles. The molecule has 0 aliphatic rings. The molecule has 162 valence electrons. The lowest BCUT2D eigenvalue weighted by Gasteiger charge is -2.04. The third kappa shape index (κ3) is 6.57. The first kappa shape index (κ1) is 23.3. The molecule has 0 amide bonds. The average Bonchev–Trinajstić information content (AvgIpc) is 2.83. The van der Waals surface area contributed by atoms with Crippen LogP contribution in [0.4, 0.5) is 8.78 Å². The second kappa shape index (κ2) is 11.9. The zero-order valence-electron chi connectivity index (χ0n) is 18.8. The summed E-state index contributed by atoms with van der Waals surface area (Å²) in [4.78, 5) is 0. The van der Waals surface area contributed by atoms with Gasteiger partial charge < -0.3 is 0 Å². The van der Waals surface area contributed by atoms with Crippen LogP contribution in [-0.2, 0) is 12.8 Å². The van der Waals surface area contributed by atoms with Gasteiger partial charge in [-0.25, -0.2) is 8.78 Å². The van der Waals surface area contributed by atoms with E-state index < -0.39 is 11.6 Å². The van der Waals surface area contributed by atoms with Crippen LogP contribution in [0.15, 0.2) is 60.7 Å². The molecule has 0 aliphatic carbocycles. The number of hydrogen-bond donors (Lipinski definition) is 0. The summed E-state index contributed by atoms with van der Waals surface area (Å²) in [6, 6.07) is 19.0. The summed E-state index contributed by atoms with van der Waals surface area (Å²) in [6.45, 7) is 4.22. The Morgan fingerprint density at radius 1 is 0.562 bits per heavy atom. The van der Waals surface area contributed by atoms with Crippen molar-refractivity contribution in [3.8, 4) is 23.7 Å². The first-order valence-electron chi connectivity index (χ1n) is 11.3. The van der Waals surface area contributed by atoms with E-state index in [-0.39, 0.29) is 5.56 Å². The molecule has 0 heterocycles. The Labute approximate surface area is 190 Å². The van der Waals surface area contributed by atoms with Gasteiger partial charge in [0.15, 0.2) is 11.6 Å². The van der Waals surface area contributed by atoms with Gasteiger partial charge in [-0.05, 0) is 79.3 Å². The van der Waals surface area contributed by atoms with Crippen LogP contribution in [0.25, 0.3) is 0 Å². The van der Waals surface area contributed by atoms with E-state index in [1.807, 2.05) is 31.2 Å². The molecule has 0 bridgehead atoms. The second-order valence-corrected chi connectivity index (χ2v) is 7.88. The number of aryl methyl sites for hydroxylation is 2. The maximum absolute atomic E-state index is 14.3. The molecule has 0 aromatic heterocycles. The van der Waals surface area contributed by atoms with Gasteiger partial charge in [-0.2, -0.15) is 0 Å². The maximum Gasteiger partial charge on any atom is 0.174 e. The van der Waals surface area contributed by atoms with Crippen LogP contribution in [0, 0.1) is 35.3 Å². The topological polar surface area (TPSA) is 0 Å². The van der Waals surface area contributed by atoms with Crippen molar-refractivity contribution in [2.75, 3.05) is 0 Å². The third-order valence-corrected chi connectivity index (χ3v) is 5.31. The zero-order valence-corrected chi connectivity index (χ0v) is 18.8. The molecule has 0 nitrogen and oxygen atoms in total. The molecule has 0 unspecified atom stereocenters. The Bertz CT molecular complexity index is 1150. The third-order valence-electron chi connectivity index (χ3n) is 5.31. The van der Waals surface area contributed by atoms with Crippen LogP contribution >= 0.6 is 0 Å². The van der Waals surface area contributed by atoms with Crippen molar-refractivity contribution < 1.29 is 8.78 Å². The van der Waals surface area contributed by atoms with Crippen LogP contribution in [-0.4, -0.2) is 0 Å². The Morgan fingerprint density at radius 3 is 1.62 bits per heavy atom. The van der Waals surface area contributed by atoms with Gasteiger partial charge in [0.05, 0.1) is 5.56 Å². The van der Waals surface area contributed by atoms with Crippen LogP contribution in [0.2, 0.25) is 0 Å². The van der Waals surface area contributed by atoms with E-state index in [0.29, 0.717) is 12.0 Å². The normalized spacial score (nSPS) is 10.1. The summed E-state index contributed by atoms with van der Waals surface area (Å²) in [5.41, 5.74) is 4.41. The van der Waals surface area contributed by atoms with Gasteiger partial charge >= 0.3 is 0 Å².